The van der Waals surface area contributed by atoms with Gasteiger partial charge in [-0.3, -0.25) is 4.79 Å². The first-order valence-corrected chi connectivity index (χ1v) is 7.29. The first-order chi connectivity index (χ1) is 9.63. The van der Waals surface area contributed by atoms with Crippen molar-refractivity contribution in [2.75, 3.05) is 40.0 Å². The summed E-state index contributed by atoms with van der Waals surface area (Å²) >= 11 is 0. The third-order valence-electron chi connectivity index (χ3n) is 2.91. The highest BCUT2D eigenvalue weighted by molar-refractivity contribution is 5.75. The highest BCUT2D eigenvalue weighted by Gasteiger charge is 2.25. The first kappa shape index (κ1) is 18.9. The number of carbonyl (C=O) groups excluding carboxylic acids is 2. The molecule has 0 saturated carbocycles. The molecule has 118 valence electrons. The molecular weight excluding hydrogens is 260 g/mol. The van der Waals surface area contributed by atoms with Crippen molar-refractivity contribution in [2.24, 2.45) is 0 Å². The molecular formula is C14H28N2O4. The summed E-state index contributed by atoms with van der Waals surface area (Å²) in [5.74, 6) is 0.0992. The standard InChI is InChI=1S/C12H22N2O4.C2H6/c1-10(15)4-6-17-7-8-18-12(16)14-5-3-11(9-14)13-2;1-2/h11,13H,3-9H2,1-2H3;1-2H3. The van der Waals surface area contributed by atoms with Crippen LogP contribution in [-0.2, 0) is 14.3 Å². The van der Waals surface area contributed by atoms with Gasteiger partial charge in [-0.15, -0.1) is 0 Å². The Kier molecular flexibility index (Phi) is 11.0. The summed E-state index contributed by atoms with van der Waals surface area (Å²) in [4.78, 5) is 23.9. The maximum Gasteiger partial charge on any atom is 0.409 e. The molecule has 0 aromatic carbocycles. The third kappa shape index (κ3) is 8.12. The van der Waals surface area contributed by atoms with Gasteiger partial charge >= 0.3 is 6.09 Å². The normalized spacial score (nSPS) is 17.4. The third-order valence-corrected chi connectivity index (χ3v) is 2.91. The molecule has 6 heteroatoms. The molecule has 1 rings (SSSR count). The molecule has 1 amide bonds. The average Bonchev–Trinajstić information content (AvgIpc) is 2.93. The van der Waals surface area contributed by atoms with E-state index < -0.39 is 0 Å². The van der Waals surface area contributed by atoms with Crippen molar-refractivity contribution in [1.82, 2.24) is 10.2 Å². The van der Waals surface area contributed by atoms with Gasteiger partial charge in [0, 0.05) is 25.6 Å². The number of ether oxygens (including phenoxy) is 2. The minimum Gasteiger partial charge on any atom is -0.447 e. The Labute approximate surface area is 121 Å². The summed E-state index contributed by atoms with van der Waals surface area (Å²) in [5, 5.41) is 3.14. The highest BCUT2D eigenvalue weighted by atomic mass is 16.6. The number of carbonyl (C=O) groups is 2. The van der Waals surface area contributed by atoms with Crippen molar-refractivity contribution in [3.05, 3.63) is 0 Å². The number of amides is 1. The second-order valence-electron chi connectivity index (χ2n) is 4.40. The number of hydrogen-bond acceptors (Lipinski definition) is 5. The summed E-state index contributed by atoms with van der Waals surface area (Å²) in [7, 11) is 1.89. The van der Waals surface area contributed by atoms with Crippen LogP contribution in [-0.4, -0.2) is 62.8 Å². The lowest BCUT2D eigenvalue weighted by Crippen LogP contribution is -2.34. The smallest absolute Gasteiger partial charge is 0.409 e. The van der Waals surface area contributed by atoms with Crippen LogP contribution in [0, 0.1) is 0 Å². The minimum absolute atomic E-state index is 0.0992. The quantitative estimate of drug-likeness (QED) is 0.718. The van der Waals surface area contributed by atoms with Crippen molar-refractivity contribution in [1.29, 1.82) is 0 Å². The Morgan fingerprint density at radius 2 is 1.95 bits per heavy atom. The monoisotopic (exact) mass is 288 g/mol. The predicted molar refractivity (Wildman–Crippen MR) is 77.9 cm³/mol. The van der Waals surface area contributed by atoms with Gasteiger partial charge < -0.3 is 19.7 Å². The zero-order valence-corrected chi connectivity index (χ0v) is 13.1. The number of rotatable bonds is 7. The zero-order valence-electron chi connectivity index (χ0n) is 13.1. The van der Waals surface area contributed by atoms with E-state index in [2.05, 4.69) is 5.32 Å². The molecule has 20 heavy (non-hydrogen) atoms. The van der Waals surface area contributed by atoms with Gasteiger partial charge in [-0.25, -0.2) is 4.79 Å². The number of likely N-dealkylation sites (tertiary alicyclic amines) is 1. The van der Waals surface area contributed by atoms with Crippen molar-refractivity contribution < 1.29 is 19.1 Å². The minimum atomic E-state index is -0.289. The molecule has 1 N–H and O–H groups in total. The topological polar surface area (TPSA) is 67.9 Å². The Bertz CT molecular complexity index is 284. The van der Waals surface area contributed by atoms with Gasteiger partial charge in [0.05, 0.1) is 13.2 Å². The van der Waals surface area contributed by atoms with Crippen LogP contribution in [0.1, 0.15) is 33.6 Å². The second kappa shape index (κ2) is 11.7. The summed E-state index contributed by atoms with van der Waals surface area (Å²) in [6, 6.07) is 0.365. The highest BCUT2D eigenvalue weighted by Crippen LogP contribution is 2.09. The summed E-state index contributed by atoms with van der Waals surface area (Å²) in [5.41, 5.74) is 0. The number of hydrogen-bond donors (Lipinski definition) is 1. The van der Waals surface area contributed by atoms with E-state index in [1.807, 2.05) is 20.9 Å². The molecule has 1 saturated heterocycles. The number of nitrogens with zero attached hydrogens (tertiary/aromatic N) is 1. The van der Waals surface area contributed by atoms with E-state index >= 15 is 0 Å². The lowest BCUT2D eigenvalue weighted by Gasteiger charge is -2.16. The fourth-order valence-electron chi connectivity index (χ4n) is 1.76. The van der Waals surface area contributed by atoms with Crippen LogP contribution < -0.4 is 5.32 Å². The van der Waals surface area contributed by atoms with Gasteiger partial charge in [0.1, 0.15) is 12.4 Å². The predicted octanol–water partition coefficient (Wildman–Crippen LogP) is 1.44. The van der Waals surface area contributed by atoms with Crippen LogP contribution in [0.5, 0.6) is 0 Å². The fourth-order valence-corrected chi connectivity index (χ4v) is 1.76. The van der Waals surface area contributed by atoms with Crippen molar-refractivity contribution in [2.45, 2.75) is 39.7 Å². The summed E-state index contributed by atoms with van der Waals surface area (Å²) in [6.07, 6.45) is 1.08. The van der Waals surface area contributed by atoms with Crippen molar-refractivity contribution >= 4 is 11.9 Å². The van der Waals surface area contributed by atoms with E-state index in [1.54, 1.807) is 4.90 Å². The second-order valence-corrected chi connectivity index (χ2v) is 4.40. The number of ketones is 1. The van der Waals surface area contributed by atoms with E-state index in [1.165, 1.54) is 6.92 Å². The van der Waals surface area contributed by atoms with Crippen LogP contribution in [0.25, 0.3) is 0 Å². The number of Topliss-reactive ketones (excluding diaryl/α,β-unsaturated/α-hetero) is 1. The van der Waals surface area contributed by atoms with E-state index in [0.29, 0.717) is 32.2 Å². The SMILES string of the molecule is CC.CNC1CCN(C(=O)OCCOCCC(C)=O)C1. The fraction of sp³-hybridized carbons (Fsp3) is 0.857. The van der Waals surface area contributed by atoms with E-state index in [9.17, 15) is 9.59 Å². The summed E-state index contributed by atoms with van der Waals surface area (Å²) < 4.78 is 10.2. The molecule has 0 radical (unpaired) electrons. The van der Waals surface area contributed by atoms with Crippen molar-refractivity contribution in [3.8, 4) is 0 Å². The number of nitrogens with one attached hydrogen (secondary N) is 1. The number of likely N-dealkylation sites (N-methyl/N-ethyl adjacent to an activating group) is 1. The molecule has 0 aromatic heterocycles. The molecule has 0 aliphatic carbocycles. The molecule has 1 aliphatic heterocycles. The molecule has 0 spiro atoms. The molecule has 0 aromatic rings. The lowest BCUT2D eigenvalue weighted by atomic mass is 10.3. The van der Waals surface area contributed by atoms with Gasteiger partial charge in [0.15, 0.2) is 0 Å². The van der Waals surface area contributed by atoms with Gasteiger partial charge in [-0.1, -0.05) is 13.8 Å². The maximum absolute atomic E-state index is 11.6. The molecule has 6 nitrogen and oxygen atoms in total. The Balaban J connectivity index is 0.00000172. The van der Waals surface area contributed by atoms with E-state index in [0.717, 1.165) is 13.0 Å². The van der Waals surface area contributed by atoms with E-state index in [4.69, 9.17) is 9.47 Å². The maximum atomic E-state index is 11.6. The van der Waals surface area contributed by atoms with Crippen LogP contribution >= 0.6 is 0 Å². The van der Waals surface area contributed by atoms with Gasteiger partial charge in [0.2, 0.25) is 0 Å². The molecule has 1 fully saturated rings. The molecule has 1 atom stereocenters. The van der Waals surface area contributed by atoms with Crippen LogP contribution in [0.2, 0.25) is 0 Å². The van der Waals surface area contributed by atoms with Crippen LogP contribution in [0.4, 0.5) is 4.79 Å². The van der Waals surface area contributed by atoms with Crippen molar-refractivity contribution in [3.63, 3.8) is 0 Å². The lowest BCUT2D eigenvalue weighted by molar-refractivity contribution is -0.118. The molecule has 1 unspecified atom stereocenters. The van der Waals surface area contributed by atoms with Crippen LogP contribution in [0.3, 0.4) is 0 Å². The van der Waals surface area contributed by atoms with Crippen LogP contribution in [0.15, 0.2) is 0 Å². The Morgan fingerprint density at radius 1 is 1.25 bits per heavy atom. The average molecular weight is 288 g/mol. The molecule has 1 aliphatic rings. The Morgan fingerprint density at radius 3 is 2.50 bits per heavy atom. The molecule has 0 bridgehead atoms. The molecule has 1 heterocycles. The first-order valence-electron chi connectivity index (χ1n) is 7.29. The largest absolute Gasteiger partial charge is 0.447 e. The zero-order chi connectivity index (χ0) is 15.4. The van der Waals surface area contributed by atoms with Gasteiger partial charge in [-0.05, 0) is 20.4 Å². The van der Waals surface area contributed by atoms with E-state index in [-0.39, 0.29) is 18.5 Å². The van der Waals surface area contributed by atoms with Gasteiger partial charge in [-0.2, -0.15) is 0 Å². The summed E-state index contributed by atoms with van der Waals surface area (Å²) in [6.45, 7) is 7.91. The Hall–Kier alpha value is -1.14. The van der Waals surface area contributed by atoms with Gasteiger partial charge in [0.25, 0.3) is 0 Å².